The topological polar surface area (TPSA) is 95.1 Å². The zero-order valence-electron chi connectivity index (χ0n) is 15.3. The first-order valence-electron chi connectivity index (χ1n) is 8.84. The van der Waals surface area contributed by atoms with Crippen molar-refractivity contribution in [3.63, 3.8) is 0 Å². The maximum atomic E-state index is 12.7. The van der Waals surface area contributed by atoms with E-state index in [0.717, 1.165) is 24.2 Å². The summed E-state index contributed by atoms with van der Waals surface area (Å²) in [7, 11) is 1.62. The number of benzene rings is 1. The highest BCUT2D eigenvalue weighted by Gasteiger charge is 2.50. The molecule has 0 spiro atoms. The Kier molecular flexibility index (Phi) is 4.39. The number of amides is 1. The van der Waals surface area contributed by atoms with Crippen LogP contribution in [0.15, 0.2) is 47.5 Å². The first-order chi connectivity index (χ1) is 13.1. The van der Waals surface area contributed by atoms with Gasteiger partial charge in [0.05, 0.1) is 18.9 Å². The van der Waals surface area contributed by atoms with Gasteiger partial charge in [-0.05, 0) is 44.0 Å². The van der Waals surface area contributed by atoms with Crippen LogP contribution in [0.3, 0.4) is 0 Å². The fraction of sp³-hybridized carbons (Fsp3) is 0.368. The lowest BCUT2D eigenvalue weighted by atomic mass is 10.1. The summed E-state index contributed by atoms with van der Waals surface area (Å²) >= 11 is 0. The van der Waals surface area contributed by atoms with Crippen molar-refractivity contribution in [2.24, 2.45) is 5.41 Å². The van der Waals surface area contributed by atoms with E-state index >= 15 is 0 Å². The van der Waals surface area contributed by atoms with E-state index in [0.29, 0.717) is 18.3 Å². The summed E-state index contributed by atoms with van der Waals surface area (Å²) < 4.78 is 12.4. The maximum absolute atomic E-state index is 12.7. The Bertz CT molecular complexity index is 913. The zero-order valence-corrected chi connectivity index (χ0v) is 15.3. The Balaban J connectivity index is 1.42. The second-order valence-corrected chi connectivity index (χ2v) is 6.90. The van der Waals surface area contributed by atoms with E-state index < -0.39 is 0 Å². The normalized spacial score (nSPS) is 15.9. The van der Waals surface area contributed by atoms with Gasteiger partial charge in [0.15, 0.2) is 0 Å². The quantitative estimate of drug-likeness (QED) is 0.690. The lowest BCUT2D eigenvalue weighted by molar-refractivity contribution is -0.127. The van der Waals surface area contributed by atoms with Gasteiger partial charge in [-0.1, -0.05) is 5.16 Å². The molecule has 1 unspecified atom stereocenters. The number of carbonyl (C=O) groups is 1. The highest BCUT2D eigenvalue weighted by atomic mass is 16.5. The molecule has 8 nitrogen and oxygen atoms in total. The zero-order chi connectivity index (χ0) is 18.9. The summed E-state index contributed by atoms with van der Waals surface area (Å²) in [6, 6.07) is 7.03. The van der Waals surface area contributed by atoms with Crippen molar-refractivity contribution in [2.75, 3.05) is 7.11 Å². The molecule has 1 aromatic carbocycles. The van der Waals surface area contributed by atoms with Crippen molar-refractivity contribution in [3.8, 4) is 17.1 Å². The number of imidazole rings is 1. The van der Waals surface area contributed by atoms with Crippen LogP contribution >= 0.6 is 0 Å². The molecule has 0 saturated heterocycles. The summed E-state index contributed by atoms with van der Waals surface area (Å²) in [4.78, 5) is 21.2. The summed E-state index contributed by atoms with van der Waals surface area (Å²) in [5.74, 6) is 1.63. The van der Waals surface area contributed by atoms with E-state index in [1.165, 1.54) is 0 Å². The van der Waals surface area contributed by atoms with E-state index in [1.54, 1.807) is 19.6 Å². The fourth-order valence-corrected chi connectivity index (χ4v) is 3.02. The molecule has 140 valence electrons. The minimum absolute atomic E-state index is 0.00731. The average molecular weight is 367 g/mol. The number of aromatic nitrogens is 4. The van der Waals surface area contributed by atoms with Crippen LogP contribution in [0.25, 0.3) is 11.4 Å². The molecule has 2 aromatic heterocycles. The second-order valence-electron chi connectivity index (χ2n) is 6.90. The Hall–Kier alpha value is -3.16. The van der Waals surface area contributed by atoms with Crippen LogP contribution in [-0.4, -0.2) is 32.7 Å². The standard InChI is InChI=1S/C19H21N5O3/c1-13(21-18(25)19(7-8-19)11-24-10-9-20-12-24)17-22-16(23-27-17)14-3-5-15(26-2)6-4-14/h3-6,9-10,12-13H,7-8,11H2,1-2H3,(H,21,25). The average Bonchev–Trinajstić information content (AvgIpc) is 3.09. The highest BCUT2D eigenvalue weighted by Crippen LogP contribution is 2.47. The molecule has 4 rings (SSSR count). The third-order valence-electron chi connectivity index (χ3n) is 4.89. The van der Waals surface area contributed by atoms with Crippen molar-refractivity contribution in [3.05, 3.63) is 48.9 Å². The molecular weight excluding hydrogens is 346 g/mol. The SMILES string of the molecule is COc1ccc(-c2noc(C(C)NC(=O)C3(Cn4ccnc4)CC3)n2)cc1. The van der Waals surface area contributed by atoms with E-state index in [-0.39, 0.29) is 17.4 Å². The molecule has 3 aromatic rings. The Labute approximate surface area is 156 Å². The lowest BCUT2D eigenvalue weighted by Crippen LogP contribution is -2.36. The van der Waals surface area contributed by atoms with Crippen LogP contribution in [0.2, 0.25) is 0 Å². The molecular formula is C19H21N5O3. The molecule has 1 aliphatic carbocycles. The van der Waals surface area contributed by atoms with E-state index in [4.69, 9.17) is 9.26 Å². The number of hydrogen-bond acceptors (Lipinski definition) is 6. The largest absolute Gasteiger partial charge is 0.497 e. The number of rotatable bonds is 7. The van der Waals surface area contributed by atoms with Gasteiger partial charge in [-0.2, -0.15) is 4.98 Å². The minimum Gasteiger partial charge on any atom is -0.497 e. The summed E-state index contributed by atoms with van der Waals surface area (Å²) in [6.07, 6.45) is 7.05. The predicted octanol–water partition coefficient (Wildman–Crippen LogP) is 2.60. The van der Waals surface area contributed by atoms with Crippen LogP contribution in [-0.2, 0) is 11.3 Å². The molecule has 0 aliphatic heterocycles. The van der Waals surface area contributed by atoms with Crippen LogP contribution < -0.4 is 10.1 Å². The smallest absolute Gasteiger partial charge is 0.249 e. The molecule has 1 atom stereocenters. The predicted molar refractivity (Wildman–Crippen MR) is 96.7 cm³/mol. The highest BCUT2D eigenvalue weighted by molar-refractivity contribution is 5.85. The van der Waals surface area contributed by atoms with Gasteiger partial charge in [-0.15, -0.1) is 0 Å². The second kappa shape index (κ2) is 6.86. The molecule has 0 bridgehead atoms. The van der Waals surface area contributed by atoms with Gasteiger partial charge in [0.1, 0.15) is 11.8 Å². The molecule has 27 heavy (non-hydrogen) atoms. The molecule has 1 fully saturated rings. The van der Waals surface area contributed by atoms with Crippen molar-refractivity contribution in [2.45, 2.75) is 32.4 Å². The van der Waals surface area contributed by atoms with Crippen molar-refractivity contribution < 1.29 is 14.1 Å². The van der Waals surface area contributed by atoms with Gasteiger partial charge in [0.25, 0.3) is 0 Å². The van der Waals surface area contributed by atoms with Gasteiger partial charge in [-0.3, -0.25) is 4.79 Å². The van der Waals surface area contributed by atoms with Crippen LogP contribution in [0.4, 0.5) is 0 Å². The van der Waals surface area contributed by atoms with Crippen molar-refractivity contribution in [1.29, 1.82) is 0 Å². The van der Waals surface area contributed by atoms with Crippen molar-refractivity contribution in [1.82, 2.24) is 25.0 Å². The number of carbonyl (C=O) groups excluding carboxylic acids is 1. The molecule has 1 aliphatic rings. The fourth-order valence-electron chi connectivity index (χ4n) is 3.02. The van der Waals surface area contributed by atoms with Crippen LogP contribution in [0, 0.1) is 5.41 Å². The monoisotopic (exact) mass is 367 g/mol. The molecule has 0 radical (unpaired) electrons. The Morgan fingerprint density at radius 2 is 2.15 bits per heavy atom. The Morgan fingerprint density at radius 3 is 2.78 bits per heavy atom. The van der Waals surface area contributed by atoms with Gasteiger partial charge in [0.2, 0.25) is 17.6 Å². The number of methoxy groups -OCH3 is 1. The van der Waals surface area contributed by atoms with Gasteiger partial charge >= 0.3 is 0 Å². The first kappa shape index (κ1) is 17.3. The molecule has 1 amide bonds. The summed E-state index contributed by atoms with van der Waals surface area (Å²) in [5.41, 5.74) is 0.455. The summed E-state index contributed by atoms with van der Waals surface area (Å²) in [6.45, 7) is 2.48. The molecule has 2 heterocycles. The third kappa shape index (κ3) is 3.55. The third-order valence-corrected chi connectivity index (χ3v) is 4.89. The number of ether oxygens (including phenoxy) is 1. The van der Waals surface area contributed by atoms with Crippen LogP contribution in [0.1, 0.15) is 31.7 Å². The first-order valence-corrected chi connectivity index (χ1v) is 8.84. The number of nitrogens with zero attached hydrogens (tertiary/aromatic N) is 4. The molecule has 1 N–H and O–H groups in total. The van der Waals surface area contributed by atoms with E-state index in [2.05, 4.69) is 20.4 Å². The van der Waals surface area contributed by atoms with Gasteiger partial charge in [0, 0.05) is 24.5 Å². The number of nitrogens with one attached hydrogen (secondary N) is 1. The van der Waals surface area contributed by atoms with E-state index in [1.807, 2.05) is 42.0 Å². The van der Waals surface area contributed by atoms with Crippen molar-refractivity contribution >= 4 is 5.91 Å². The van der Waals surface area contributed by atoms with Gasteiger partial charge in [-0.25, -0.2) is 4.98 Å². The minimum atomic E-state index is -0.367. The van der Waals surface area contributed by atoms with Gasteiger partial charge < -0.3 is 19.1 Å². The summed E-state index contributed by atoms with van der Waals surface area (Å²) in [5, 5.41) is 7.02. The Morgan fingerprint density at radius 1 is 1.37 bits per heavy atom. The maximum Gasteiger partial charge on any atom is 0.249 e. The van der Waals surface area contributed by atoms with Crippen LogP contribution in [0.5, 0.6) is 5.75 Å². The number of hydrogen-bond donors (Lipinski definition) is 1. The lowest BCUT2D eigenvalue weighted by Gasteiger charge is -2.18. The molecule has 8 heteroatoms. The molecule has 1 saturated carbocycles. The van der Waals surface area contributed by atoms with E-state index in [9.17, 15) is 4.79 Å².